The minimum atomic E-state index is -0.148. The first-order valence-corrected chi connectivity index (χ1v) is 10.8. The molecule has 1 amide bonds. The summed E-state index contributed by atoms with van der Waals surface area (Å²) in [6.07, 6.45) is 6.29. The van der Waals surface area contributed by atoms with Gasteiger partial charge in [0, 0.05) is 30.5 Å². The van der Waals surface area contributed by atoms with Crippen molar-refractivity contribution in [1.82, 2.24) is 14.7 Å². The van der Waals surface area contributed by atoms with Crippen LogP contribution in [0.4, 0.5) is 0 Å². The van der Waals surface area contributed by atoms with Crippen molar-refractivity contribution >= 4 is 22.6 Å². The van der Waals surface area contributed by atoms with Gasteiger partial charge in [0.1, 0.15) is 18.0 Å². The second kappa shape index (κ2) is 8.17. The van der Waals surface area contributed by atoms with Crippen molar-refractivity contribution in [2.75, 3.05) is 20.2 Å². The van der Waals surface area contributed by atoms with Crippen molar-refractivity contribution < 1.29 is 14.3 Å². The molecule has 6 nitrogen and oxygen atoms in total. The summed E-state index contributed by atoms with van der Waals surface area (Å²) in [5, 5.41) is 5.35. The van der Waals surface area contributed by atoms with Crippen LogP contribution in [0, 0.1) is 17.8 Å². The number of nitrogens with zero attached hydrogens (tertiary/aromatic N) is 3. The van der Waals surface area contributed by atoms with Gasteiger partial charge in [0.25, 0.3) is 0 Å². The number of piperidine rings is 1. The van der Waals surface area contributed by atoms with Crippen LogP contribution in [0.25, 0.3) is 10.9 Å². The molecule has 0 radical (unpaired) electrons. The maximum atomic E-state index is 13.1. The third-order valence-electron chi connectivity index (χ3n) is 6.65. The molecule has 6 heteroatoms. The van der Waals surface area contributed by atoms with Crippen LogP contribution in [0.15, 0.2) is 18.2 Å². The molecule has 0 bridgehead atoms. The van der Waals surface area contributed by atoms with Gasteiger partial charge in [0.2, 0.25) is 5.91 Å². The molecule has 2 aliphatic rings. The molecule has 1 aliphatic heterocycles. The number of hydrogen-bond acceptors (Lipinski definition) is 4. The average Bonchev–Trinajstić information content (AvgIpc) is 3.10. The van der Waals surface area contributed by atoms with E-state index in [1.807, 2.05) is 36.9 Å². The lowest BCUT2D eigenvalue weighted by molar-refractivity contribution is -0.135. The molecule has 2 heterocycles. The predicted molar refractivity (Wildman–Crippen MR) is 112 cm³/mol. The number of benzene rings is 1. The number of fused-ring (bicyclic) bond motifs is 2. The average molecular weight is 398 g/mol. The molecular weight excluding hydrogens is 366 g/mol. The molecule has 29 heavy (non-hydrogen) atoms. The van der Waals surface area contributed by atoms with Crippen molar-refractivity contribution in [3.63, 3.8) is 0 Å². The number of Topliss-reactive ketones (excluding diaryl/α,β-unsaturated/α-hetero) is 1. The molecule has 0 unspecified atom stereocenters. The second-order valence-electron chi connectivity index (χ2n) is 8.84. The van der Waals surface area contributed by atoms with Gasteiger partial charge in [-0.2, -0.15) is 5.10 Å². The number of ether oxygens (including phenoxy) is 1. The van der Waals surface area contributed by atoms with Crippen molar-refractivity contribution in [1.29, 1.82) is 0 Å². The lowest BCUT2D eigenvalue weighted by atomic mass is 9.75. The number of rotatable bonds is 5. The first-order valence-electron chi connectivity index (χ1n) is 10.8. The van der Waals surface area contributed by atoms with E-state index in [1.54, 1.807) is 11.8 Å². The molecule has 2 aromatic rings. The second-order valence-corrected chi connectivity index (χ2v) is 8.84. The minimum Gasteiger partial charge on any atom is -0.497 e. The van der Waals surface area contributed by atoms with Crippen LogP contribution >= 0.6 is 0 Å². The van der Waals surface area contributed by atoms with E-state index in [1.165, 1.54) is 25.7 Å². The first kappa shape index (κ1) is 19.9. The summed E-state index contributed by atoms with van der Waals surface area (Å²) in [6, 6.07) is 5.56. The first-order chi connectivity index (χ1) is 14.0. The van der Waals surface area contributed by atoms with E-state index in [9.17, 15) is 9.59 Å². The van der Waals surface area contributed by atoms with Gasteiger partial charge in [0.05, 0.1) is 12.6 Å². The van der Waals surface area contributed by atoms with Gasteiger partial charge in [-0.15, -0.1) is 0 Å². The number of methoxy groups -OCH3 is 1. The summed E-state index contributed by atoms with van der Waals surface area (Å²) < 4.78 is 7.04. The summed E-state index contributed by atoms with van der Waals surface area (Å²) >= 11 is 0. The van der Waals surface area contributed by atoms with Crippen LogP contribution in [0.3, 0.4) is 0 Å². The van der Waals surface area contributed by atoms with Gasteiger partial charge in [-0.25, -0.2) is 0 Å². The van der Waals surface area contributed by atoms with Gasteiger partial charge in [-0.3, -0.25) is 14.3 Å². The molecule has 0 spiro atoms. The molecule has 1 saturated heterocycles. The lowest BCUT2D eigenvalue weighted by Gasteiger charge is -2.41. The van der Waals surface area contributed by atoms with Crippen LogP contribution in [0.2, 0.25) is 0 Å². The van der Waals surface area contributed by atoms with Gasteiger partial charge in [0.15, 0.2) is 5.78 Å². The number of ketones is 1. The molecule has 4 rings (SSSR count). The van der Waals surface area contributed by atoms with E-state index in [2.05, 4.69) is 5.10 Å². The molecule has 2 atom stereocenters. The Balaban J connectivity index is 1.59. The number of amides is 1. The molecular formula is C23H31N3O3. The lowest BCUT2D eigenvalue weighted by Crippen LogP contribution is -2.45. The van der Waals surface area contributed by atoms with Crippen LogP contribution in [0.5, 0.6) is 5.75 Å². The zero-order valence-electron chi connectivity index (χ0n) is 17.7. The Hall–Kier alpha value is -2.37. The highest BCUT2D eigenvalue weighted by Crippen LogP contribution is 2.36. The zero-order chi connectivity index (χ0) is 20.5. The number of carbonyl (C=O) groups excluding carboxylic acids is 2. The maximum Gasteiger partial charge on any atom is 0.244 e. The fourth-order valence-electron chi connectivity index (χ4n) is 4.91. The Kier molecular flexibility index (Phi) is 5.61. The molecule has 1 aromatic carbocycles. The molecule has 1 saturated carbocycles. The third kappa shape index (κ3) is 3.89. The Labute approximate surface area is 172 Å². The van der Waals surface area contributed by atoms with Crippen LogP contribution in [-0.4, -0.2) is 46.6 Å². The van der Waals surface area contributed by atoms with E-state index < -0.39 is 0 Å². The fraction of sp³-hybridized carbons (Fsp3) is 0.609. The van der Waals surface area contributed by atoms with Crippen molar-refractivity contribution in [3.05, 3.63) is 23.9 Å². The molecule has 1 aliphatic carbocycles. The topological polar surface area (TPSA) is 64.4 Å². The minimum absolute atomic E-state index is 0.00520. The SMILES string of the molecule is COc1ccc2c(C(=O)C(C)C)nn(CC(=O)N3CC[C@H]4CCCC[C@@H]4C3)c2c1. The van der Waals surface area contributed by atoms with Gasteiger partial charge < -0.3 is 9.64 Å². The summed E-state index contributed by atoms with van der Waals surface area (Å²) in [5.74, 6) is 2.06. The summed E-state index contributed by atoms with van der Waals surface area (Å²) in [7, 11) is 1.61. The molecule has 0 N–H and O–H groups in total. The Morgan fingerprint density at radius 2 is 1.93 bits per heavy atom. The standard InChI is InChI=1S/C23H31N3O3/c1-15(2)23(28)22-19-9-8-18(29-3)12-20(19)26(24-22)14-21(27)25-11-10-16-6-4-5-7-17(16)13-25/h8-9,12,15-17H,4-7,10-11,13-14H2,1-3H3/t16-,17-/m1/s1. The van der Waals surface area contributed by atoms with E-state index in [-0.39, 0.29) is 24.2 Å². The van der Waals surface area contributed by atoms with Gasteiger partial charge >= 0.3 is 0 Å². The van der Waals surface area contributed by atoms with Gasteiger partial charge in [-0.1, -0.05) is 33.1 Å². The maximum absolute atomic E-state index is 13.1. The highest BCUT2D eigenvalue weighted by molar-refractivity contribution is 6.07. The van der Waals surface area contributed by atoms with E-state index in [0.717, 1.165) is 36.3 Å². The number of hydrogen-bond donors (Lipinski definition) is 0. The van der Waals surface area contributed by atoms with Gasteiger partial charge in [-0.05, 0) is 36.8 Å². The zero-order valence-corrected chi connectivity index (χ0v) is 17.7. The monoisotopic (exact) mass is 397 g/mol. The fourth-order valence-corrected chi connectivity index (χ4v) is 4.91. The smallest absolute Gasteiger partial charge is 0.244 e. The Bertz CT molecular complexity index is 917. The Morgan fingerprint density at radius 3 is 2.66 bits per heavy atom. The van der Waals surface area contributed by atoms with Crippen molar-refractivity contribution in [3.8, 4) is 5.75 Å². The van der Waals surface area contributed by atoms with Crippen LogP contribution in [0.1, 0.15) is 56.4 Å². The van der Waals surface area contributed by atoms with Crippen LogP contribution in [-0.2, 0) is 11.3 Å². The summed E-state index contributed by atoms with van der Waals surface area (Å²) in [5.41, 5.74) is 1.21. The van der Waals surface area contributed by atoms with E-state index in [0.29, 0.717) is 17.4 Å². The molecule has 156 valence electrons. The van der Waals surface area contributed by atoms with Crippen molar-refractivity contribution in [2.24, 2.45) is 17.8 Å². The van der Waals surface area contributed by atoms with E-state index >= 15 is 0 Å². The molecule has 2 fully saturated rings. The quantitative estimate of drug-likeness (QED) is 0.717. The third-order valence-corrected chi connectivity index (χ3v) is 6.65. The molecule has 1 aromatic heterocycles. The Morgan fingerprint density at radius 1 is 1.17 bits per heavy atom. The highest BCUT2D eigenvalue weighted by Gasteiger charge is 2.33. The van der Waals surface area contributed by atoms with Crippen LogP contribution < -0.4 is 4.74 Å². The number of aromatic nitrogens is 2. The number of carbonyl (C=O) groups is 2. The largest absolute Gasteiger partial charge is 0.497 e. The van der Waals surface area contributed by atoms with E-state index in [4.69, 9.17) is 4.74 Å². The normalized spacial score (nSPS) is 22.0. The van der Waals surface area contributed by atoms with Crippen molar-refractivity contribution in [2.45, 2.75) is 52.5 Å². The number of likely N-dealkylation sites (tertiary alicyclic amines) is 1. The predicted octanol–water partition coefficient (Wildman–Crippen LogP) is 3.92. The summed E-state index contributed by atoms with van der Waals surface area (Å²) in [6.45, 7) is 5.60. The summed E-state index contributed by atoms with van der Waals surface area (Å²) in [4.78, 5) is 27.8. The highest BCUT2D eigenvalue weighted by atomic mass is 16.5.